The molecule has 0 aromatic heterocycles. The van der Waals surface area contributed by atoms with Crippen LogP contribution < -0.4 is 5.32 Å². The molecule has 0 saturated carbocycles. The molecule has 2 N–H and O–H groups in total. The first-order valence-corrected chi connectivity index (χ1v) is 6.56. The second-order valence-corrected chi connectivity index (χ2v) is 5.24. The fourth-order valence-corrected chi connectivity index (χ4v) is 2.81. The average Bonchev–Trinajstić information content (AvgIpc) is 2.77. The van der Waals surface area contributed by atoms with Crippen LogP contribution in [0.3, 0.4) is 0 Å². The number of carboxylic acid groups (broad SMARTS) is 1. The molecule has 18 heavy (non-hydrogen) atoms. The van der Waals surface area contributed by atoms with Crippen molar-refractivity contribution < 1.29 is 14.7 Å². The van der Waals surface area contributed by atoms with Crippen LogP contribution in [0.5, 0.6) is 0 Å². The van der Waals surface area contributed by atoms with E-state index in [4.69, 9.17) is 5.11 Å². The molecule has 6 nitrogen and oxygen atoms in total. The summed E-state index contributed by atoms with van der Waals surface area (Å²) in [7, 11) is 2.04. The number of piperidine rings is 1. The van der Waals surface area contributed by atoms with E-state index in [2.05, 4.69) is 10.2 Å². The Morgan fingerprint density at radius 2 is 1.94 bits per heavy atom. The topological polar surface area (TPSA) is 72.9 Å². The van der Waals surface area contributed by atoms with Gasteiger partial charge in [0, 0.05) is 19.1 Å². The largest absolute Gasteiger partial charge is 0.480 e. The molecule has 0 radical (unpaired) electrons. The molecule has 2 rings (SSSR count). The van der Waals surface area contributed by atoms with Crippen molar-refractivity contribution >= 4 is 12.0 Å². The third-order valence-electron chi connectivity index (χ3n) is 3.75. The van der Waals surface area contributed by atoms with Crippen LogP contribution in [0.15, 0.2) is 0 Å². The third-order valence-corrected chi connectivity index (χ3v) is 3.75. The quantitative estimate of drug-likeness (QED) is 0.746. The lowest BCUT2D eigenvalue weighted by Gasteiger charge is -2.32. The van der Waals surface area contributed by atoms with E-state index in [9.17, 15) is 9.59 Å². The number of carbonyl (C=O) groups is 2. The minimum atomic E-state index is -0.900. The summed E-state index contributed by atoms with van der Waals surface area (Å²) in [6, 6.07) is -0.724. The molecule has 0 aromatic rings. The van der Waals surface area contributed by atoms with Crippen molar-refractivity contribution in [1.29, 1.82) is 0 Å². The predicted octanol–water partition coefficient (Wildman–Crippen LogP) is 0.339. The van der Waals surface area contributed by atoms with Gasteiger partial charge in [-0.2, -0.15) is 0 Å². The maximum absolute atomic E-state index is 12.1. The Morgan fingerprint density at radius 1 is 1.22 bits per heavy atom. The molecule has 6 heteroatoms. The molecule has 2 heterocycles. The first-order chi connectivity index (χ1) is 8.58. The van der Waals surface area contributed by atoms with Gasteiger partial charge in [0.2, 0.25) is 0 Å². The van der Waals surface area contributed by atoms with Crippen LogP contribution in [0.2, 0.25) is 0 Å². The first kappa shape index (κ1) is 13.1. The zero-order valence-electron chi connectivity index (χ0n) is 10.8. The number of likely N-dealkylation sites (N-methyl/N-ethyl adjacent to an activating group) is 1. The van der Waals surface area contributed by atoms with Crippen molar-refractivity contribution in [2.24, 2.45) is 0 Å². The van der Waals surface area contributed by atoms with Crippen molar-refractivity contribution in [3.63, 3.8) is 0 Å². The number of hydrogen-bond donors (Lipinski definition) is 2. The molecular formula is C12H21N3O3. The second kappa shape index (κ2) is 5.56. The maximum atomic E-state index is 12.1. The Bertz CT molecular complexity index is 335. The predicted molar refractivity (Wildman–Crippen MR) is 66.4 cm³/mol. The van der Waals surface area contributed by atoms with Gasteiger partial charge < -0.3 is 20.2 Å². The van der Waals surface area contributed by atoms with Crippen molar-refractivity contribution in [2.75, 3.05) is 26.7 Å². The highest BCUT2D eigenvalue weighted by molar-refractivity contribution is 5.83. The summed E-state index contributed by atoms with van der Waals surface area (Å²) >= 11 is 0. The Morgan fingerprint density at radius 3 is 2.61 bits per heavy atom. The number of carboxylic acids is 1. The standard InChI is InChI=1S/C12H21N3O3/c1-14-6-2-4-9(8-14)13-12(18)15-7-3-5-10(15)11(16)17/h9-10H,2-8H2,1H3,(H,13,18)(H,16,17). The van der Waals surface area contributed by atoms with E-state index in [1.54, 1.807) is 0 Å². The molecule has 0 spiro atoms. The summed E-state index contributed by atoms with van der Waals surface area (Å²) in [5.41, 5.74) is 0. The number of amides is 2. The van der Waals surface area contributed by atoms with Gasteiger partial charge in [0.25, 0.3) is 0 Å². The number of nitrogens with one attached hydrogen (secondary N) is 1. The number of likely N-dealkylation sites (tertiary alicyclic amines) is 2. The molecule has 102 valence electrons. The van der Waals surface area contributed by atoms with Crippen LogP contribution in [0.25, 0.3) is 0 Å². The van der Waals surface area contributed by atoms with Gasteiger partial charge >= 0.3 is 12.0 Å². The normalized spacial score (nSPS) is 29.3. The van der Waals surface area contributed by atoms with Crippen molar-refractivity contribution in [3.8, 4) is 0 Å². The Labute approximate surface area is 107 Å². The summed E-state index contributed by atoms with van der Waals surface area (Å²) in [4.78, 5) is 26.7. The van der Waals surface area contributed by atoms with Gasteiger partial charge in [0.15, 0.2) is 0 Å². The monoisotopic (exact) mass is 255 g/mol. The molecule has 2 saturated heterocycles. The van der Waals surface area contributed by atoms with Crippen LogP contribution in [-0.2, 0) is 4.79 Å². The molecule has 2 fully saturated rings. The molecule has 2 aliphatic heterocycles. The fraction of sp³-hybridized carbons (Fsp3) is 0.833. The van der Waals surface area contributed by atoms with E-state index in [0.29, 0.717) is 13.0 Å². The van der Waals surface area contributed by atoms with E-state index in [-0.39, 0.29) is 12.1 Å². The number of hydrogen-bond acceptors (Lipinski definition) is 3. The van der Waals surface area contributed by atoms with Crippen molar-refractivity contribution in [2.45, 2.75) is 37.8 Å². The summed E-state index contributed by atoms with van der Waals surface area (Å²) < 4.78 is 0. The van der Waals surface area contributed by atoms with Gasteiger partial charge in [-0.3, -0.25) is 0 Å². The molecule has 0 aromatic carbocycles. The lowest BCUT2D eigenvalue weighted by molar-refractivity contribution is -0.141. The van der Waals surface area contributed by atoms with Crippen LogP contribution in [-0.4, -0.2) is 65.7 Å². The summed E-state index contributed by atoms with van der Waals surface area (Å²) in [6.45, 7) is 2.45. The molecular weight excluding hydrogens is 234 g/mol. The molecule has 2 amide bonds. The van der Waals surface area contributed by atoms with E-state index >= 15 is 0 Å². The van der Waals surface area contributed by atoms with Gasteiger partial charge in [-0.25, -0.2) is 9.59 Å². The minimum Gasteiger partial charge on any atom is -0.480 e. The van der Waals surface area contributed by atoms with Crippen molar-refractivity contribution in [1.82, 2.24) is 15.1 Å². The lowest BCUT2D eigenvalue weighted by atomic mass is 10.1. The highest BCUT2D eigenvalue weighted by Gasteiger charge is 2.34. The summed E-state index contributed by atoms with van der Waals surface area (Å²) in [6.07, 6.45) is 3.38. The molecule has 2 unspecified atom stereocenters. The van der Waals surface area contributed by atoms with Gasteiger partial charge in [0.05, 0.1) is 0 Å². The maximum Gasteiger partial charge on any atom is 0.326 e. The smallest absolute Gasteiger partial charge is 0.326 e. The van der Waals surface area contributed by atoms with Crippen LogP contribution >= 0.6 is 0 Å². The molecule has 2 atom stereocenters. The number of urea groups is 1. The van der Waals surface area contributed by atoms with E-state index in [1.165, 1.54) is 4.90 Å². The van der Waals surface area contributed by atoms with Crippen LogP contribution in [0, 0.1) is 0 Å². The summed E-state index contributed by atoms with van der Waals surface area (Å²) in [5.74, 6) is -0.900. The Balaban J connectivity index is 1.89. The van der Waals surface area contributed by atoms with Gasteiger partial charge in [0.1, 0.15) is 6.04 Å². The Hall–Kier alpha value is -1.30. The van der Waals surface area contributed by atoms with Gasteiger partial charge in [-0.15, -0.1) is 0 Å². The van der Waals surface area contributed by atoms with E-state index in [0.717, 1.165) is 32.4 Å². The SMILES string of the molecule is CN1CCCC(NC(=O)N2CCCC2C(=O)O)C1. The molecule has 0 aliphatic carbocycles. The lowest BCUT2D eigenvalue weighted by Crippen LogP contribution is -2.53. The van der Waals surface area contributed by atoms with E-state index in [1.807, 2.05) is 7.05 Å². The highest BCUT2D eigenvalue weighted by Crippen LogP contribution is 2.18. The third kappa shape index (κ3) is 2.93. The summed E-state index contributed by atoms with van der Waals surface area (Å²) in [5, 5.41) is 12.0. The molecule has 0 bridgehead atoms. The number of aliphatic carboxylic acids is 1. The minimum absolute atomic E-state index is 0.145. The zero-order chi connectivity index (χ0) is 13.1. The number of nitrogens with zero attached hydrogens (tertiary/aromatic N) is 2. The van der Waals surface area contributed by atoms with Gasteiger partial charge in [-0.05, 0) is 39.3 Å². The van der Waals surface area contributed by atoms with Crippen LogP contribution in [0.4, 0.5) is 4.79 Å². The first-order valence-electron chi connectivity index (χ1n) is 6.56. The van der Waals surface area contributed by atoms with Gasteiger partial charge in [-0.1, -0.05) is 0 Å². The Kier molecular flexibility index (Phi) is 4.06. The van der Waals surface area contributed by atoms with E-state index < -0.39 is 12.0 Å². The van der Waals surface area contributed by atoms with Crippen LogP contribution in [0.1, 0.15) is 25.7 Å². The molecule has 2 aliphatic rings. The fourth-order valence-electron chi connectivity index (χ4n) is 2.81. The average molecular weight is 255 g/mol. The zero-order valence-corrected chi connectivity index (χ0v) is 10.8. The number of carbonyl (C=O) groups excluding carboxylic acids is 1. The number of rotatable bonds is 2. The van der Waals surface area contributed by atoms with Crippen molar-refractivity contribution in [3.05, 3.63) is 0 Å². The highest BCUT2D eigenvalue weighted by atomic mass is 16.4. The second-order valence-electron chi connectivity index (χ2n) is 5.24.